The van der Waals surface area contributed by atoms with Crippen LogP contribution in [0.15, 0.2) is 53.7 Å². The first-order valence-corrected chi connectivity index (χ1v) is 6.98. The van der Waals surface area contributed by atoms with Crippen LogP contribution < -0.4 is 4.74 Å². The standard InChI is InChI=1S/C17H15F3NO2/c1-2-13-5-3-6-14(9-13)11-21-22-12-15-7-4-8-16(10-15)23-17(18,19)20/h3-10H,2,12H2,1H3. The van der Waals surface area contributed by atoms with Crippen LogP contribution in [0.25, 0.3) is 0 Å². The van der Waals surface area contributed by atoms with Gasteiger partial charge in [0.25, 0.3) is 0 Å². The number of halogens is 3. The van der Waals surface area contributed by atoms with Crippen molar-refractivity contribution in [1.82, 2.24) is 0 Å². The Morgan fingerprint density at radius 3 is 2.52 bits per heavy atom. The number of nitrogens with zero attached hydrogens (tertiary/aromatic N) is 1. The van der Waals surface area contributed by atoms with Crippen LogP contribution in [0.2, 0.25) is 0 Å². The molecule has 0 aliphatic carbocycles. The van der Waals surface area contributed by atoms with Gasteiger partial charge < -0.3 is 9.57 Å². The Labute approximate surface area is 132 Å². The van der Waals surface area contributed by atoms with E-state index in [0.29, 0.717) is 5.56 Å². The molecule has 121 valence electrons. The van der Waals surface area contributed by atoms with Gasteiger partial charge in [0.2, 0.25) is 0 Å². The van der Waals surface area contributed by atoms with Crippen LogP contribution in [-0.4, -0.2) is 12.6 Å². The summed E-state index contributed by atoms with van der Waals surface area (Å²) in [6.07, 6.45) is -1.07. The zero-order chi connectivity index (χ0) is 16.7. The predicted molar refractivity (Wildman–Crippen MR) is 80.3 cm³/mol. The van der Waals surface area contributed by atoms with Gasteiger partial charge in [-0.05, 0) is 35.7 Å². The van der Waals surface area contributed by atoms with Crippen LogP contribution in [0, 0.1) is 0 Å². The van der Waals surface area contributed by atoms with Crippen molar-refractivity contribution in [3.8, 4) is 5.75 Å². The molecule has 0 saturated carbocycles. The van der Waals surface area contributed by atoms with Gasteiger partial charge in [0, 0.05) is 5.56 Å². The van der Waals surface area contributed by atoms with E-state index in [1.807, 2.05) is 31.2 Å². The molecule has 0 fully saturated rings. The van der Waals surface area contributed by atoms with E-state index in [1.165, 1.54) is 18.2 Å². The number of aryl methyl sites for hydroxylation is 1. The lowest BCUT2D eigenvalue weighted by atomic mass is 10.1. The molecule has 2 aromatic rings. The number of rotatable bonds is 6. The second-order valence-electron chi connectivity index (χ2n) is 4.73. The molecule has 3 nitrogen and oxygen atoms in total. The largest absolute Gasteiger partial charge is 0.573 e. The van der Waals surface area contributed by atoms with Gasteiger partial charge in [0.15, 0.2) is 0 Å². The predicted octanol–water partition coefficient (Wildman–Crippen LogP) is 4.58. The van der Waals surface area contributed by atoms with E-state index in [4.69, 9.17) is 4.84 Å². The highest BCUT2D eigenvalue weighted by molar-refractivity contribution is 5.79. The first-order chi connectivity index (χ1) is 11.0. The Kier molecular flexibility index (Phi) is 5.62. The molecule has 0 N–H and O–H groups in total. The average molecular weight is 322 g/mol. The summed E-state index contributed by atoms with van der Waals surface area (Å²) in [5.74, 6) is -0.290. The van der Waals surface area contributed by atoms with Crippen LogP contribution in [0.1, 0.15) is 23.6 Å². The molecule has 0 saturated heterocycles. The van der Waals surface area contributed by atoms with Gasteiger partial charge in [-0.2, -0.15) is 0 Å². The molecule has 0 unspecified atom stereocenters. The number of alkyl halides is 3. The maximum Gasteiger partial charge on any atom is 0.573 e. The van der Waals surface area contributed by atoms with E-state index in [0.717, 1.165) is 17.5 Å². The number of benzene rings is 2. The van der Waals surface area contributed by atoms with Crippen LogP contribution in [-0.2, 0) is 17.9 Å². The molecule has 23 heavy (non-hydrogen) atoms. The topological polar surface area (TPSA) is 30.8 Å². The van der Waals surface area contributed by atoms with Crippen molar-refractivity contribution in [3.05, 3.63) is 65.2 Å². The van der Waals surface area contributed by atoms with Gasteiger partial charge in [-0.25, -0.2) is 0 Å². The molecule has 0 aliphatic rings. The molecule has 0 amide bonds. The third-order valence-electron chi connectivity index (χ3n) is 2.94. The first kappa shape index (κ1) is 16.9. The Balaban J connectivity index is 1.90. The second kappa shape index (κ2) is 7.67. The fourth-order valence-corrected chi connectivity index (χ4v) is 1.88. The fourth-order valence-electron chi connectivity index (χ4n) is 1.88. The van der Waals surface area contributed by atoms with Crippen molar-refractivity contribution in [1.29, 1.82) is 0 Å². The smallest absolute Gasteiger partial charge is 0.406 e. The van der Waals surface area contributed by atoms with E-state index < -0.39 is 6.36 Å². The maximum atomic E-state index is 12.1. The lowest BCUT2D eigenvalue weighted by Gasteiger charge is -2.09. The quantitative estimate of drug-likeness (QED) is 0.576. The first-order valence-electron chi connectivity index (χ1n) is 6.98. The van der Waals surface area contributed by atoms with E-state index in [1.54, 1.807) is 6.07 Å². The molecule has 2 aromatic carbocycles. The van der Waals surface area contributed by atoms with Crippen molar-refractivity contribution in [2.24, 2.45) is 5.16 Å². The van der Waals surface area contributed by atoms with E-state index in [9.17, 15) is 13.2 Å². The fraction of sp³-hybridized carbons (Fsp3) is 0.235. The van der Waals surface area contributed by atoms with Crippen LogP contribution in [0.4, 0.5) is 13.2 Å². The molecule has 0 bridgehead atoms. The Bertz CT molecular complexity index is 669. The zero-order valence-electron chi connectivity index (χ0n) is 12.4. The average Bonchev–Trinajstić information content (AvgIpc) is 2.50. The van der Waals surface area contributed by atoms with Crippen molar-refractivity contribution in [2.75, 3.05) is 0 Å². The minimum atomic E-state index is -4.71. The van der Waals surface area contributed by atoms with Gasteiger partial charge in [0.1, 0.15) is 18.6 Å². The third-order valence-corrected chi connectivity index (χ3v) is 2.94. The van der Waals surface area contributed by atoms with Crippen LogP contribution in [0.5, 0.6) is 5.75 Å². The summed E-state index contributed by atoms with van der Waals surface area (Å²) in [7, 11) is 0. The van der Waals surface area contributed by atoms with Crippen molar-refractivity contribution >= 4 is 6.21 Å². The van der Waals surface area contributed by atoms with E-state index >= 15 is 0 Å². The van der Waals surface area contributed by atoms with Gasteiger partial charge >= 0.3 is 6.36 Å². The van der Waals surface area contributed by atoms with Crippen LogP contribution >= 0.6 is 0 Å². The van der Waals surface area contributed by atoms with Crippen molar-refractivity contribution in [3.63, 3.8) is 0 Å². The molecule has 0 spiro atoms. The summed E-state index contributed by atoms with van der Waals surface area (Å²) >= 11 is 0. The molecule has 0 heterocycles. The summed E-state index contributed by atoms with van der Waals surface area (Å²) in [5, 5.41) is 3.70. The molecule has 0 aromatic heterocycles. The summed E-state index contributed by atoms with van der Waals surface area (Å²) < 4.78 is 40.3. The highest BCUT2D eigenvalue weighted by Gasteiger charge is 2.31. The Morgan fingerprint density at radius 1 is 1.04 bits per heavy atom. The highest BCUT2D eigenvalue weighted by atomic mass is 19.4. The summed E-state index contributed by atoms with van der Waals surface area (Å²) in [6, 6.07) is 13.2. The lowest BCUT2D eigenvalue weighted by molar-refractivity contribution is -0.274. The number of ether oxygens (including phenoxy) is 1. The molecule has 2 rings (SSSR count). The molecule has 0 aliphatic heterocycles. The minimum Gasteiger partial charge on any atom is -0.406 e. The SMILES string of the molecule is CCc1cccc(/[C]=N\OCc2cccc(OC(F)(F)F)c2)c1. The van der Waals surface area contributed by atoms with E-state index in [-0.39, 0.29) is 12.4 Å². The molecular formula is C17H15F3NO2. The molecule has 1 radical (unpaired) electrons. The van der Waals surface area contributed by atoms with Gasteiger partial charge in [-0.3, -0.25) is 0 Å². The Morgan fingerprint density at radius 2 is 1.78 bits per heavy atom. The third kappa shape index (κ3) is 6.02. The van der Waals surface area contributed by atoms with Gasteiger partial charge in [-0.15, -0.1) is 13.2 Å². The number of hydrogen-bond donors (Lipinski definition) is 0. The molecule has 0 atom stereocenters. The summed E-state index contributed by atoms with van der Waals surface area (Å²) in [5.41, 5.74) is 2.44. The summed E-state index contributed by atoms with van der Waals surface area (Å²) in [4.78, 5) is 5.06. The maximum absolute atomic E-state index is 12.1. The summed E-state index contributed by atoms with van der Waals surface area (Å²) in [6.45, 7) is 2.07. The second-order valence-corrected chi connectivity index (χ2v) is 4.73. The molecular weight excluding hydrogens is 307 g/mol. The zero-order valence-corrected chi connectivity index (χ0v) is 12.4. The number of hydrogen-bond acceptors (Lipinski definition) is 3. The van der Waals surface area contributed by atoms with Crippen LogP contribution in [0.3, 0.4) is 0 Å². The van der Waals surface area contributed by atoms with E-state index in [2.05, 4.69) is 16.1 Å². The van der Waals surface area contributed by atoms with Crippen molar-refractivity contribution in [2.45, 2.75) is 26.3 Å². The molecule has 6 heteroatoms. The Hall–Kier alpha value is -2.50. The normalized spacial score (nSPS) is 11.7. The monoisotopic (exact) mass is 322 g/mol. The van der Waals surface area contributed by atoms with Gasteiger partial charge in [0.05, 0.1) is 0 Å². The lowest BCUT2D eigenvalue weighted by Crippen LogP contribution is -2.17. The van der Waals surface area contributed by atoms with Gasteiger partial charge in [-0.1, -0.05) is 42.4 Å². The minimum absolute atomic E-state index is 0.0233. The van der Waals surface area contributed by atoms with Crippen molar-refractivity contribution < 1.29 is 22.7 Å². The highest BCUT2D eigenvalue weighted by Crippen LogP contribution is 2.23.